The Bertz CT molecular complexity index is 757. The summed E-state index contributed by atoms with van der Waals surface area (Å²) in [4.78, 5) is 10.9. The fraction of sp³-hybridized carbons (Fsp3) is 0.182. The normalized spacial score (nSPS) is 11.0. The van der Waals surface area contributed by atoms with E-state index in [1.165, 1.54) is 0 Å². The van der Waals surface area contributed by atoms with Crippen LogP contribution >= 0.6 is 0 Å². The fourth-order valence-corrected chi connectivity index (χ4v) is 1.79. The van der Waals surface area contributed by atoms with Gasteiger partial charge in [0.25, 0.3) is 0 Å². The quantitative estimate of drug-likeness (QED) is 0.684. The van der Waals surface area contributed by atoms with E-state index in [9.17, 15) is 4.79 Å². The number of aryl methyl sites for hydroxylation is 1. The molecule has 3 aromatic rings. The molecule has 0 saturated carbocycles. The molecule has 19 heavy (non-hydrogen) atoms. The molecule has 0 aliphatic rings. The maximum absolute atomic E-state index is 10.9. The standard InChI is InChI=1S/C11H11N7O/c1-17-5-4-8(16-17)11-14-13-10-3-2-7(6-9(12)19)15-18(10)11/h2-5H,6H2,1H3,(H2,12,19). The predicted octanol–water partition coefficient (Wildman–Crippen LogP) is -0.447. The molecule has 3 rings (SSSR count). The summed E-state index contributed by atoms with van der Waals surface area (Å²) in [6.45, 7) is 0. The second kappa shape index (κ2) is 4.16. The molecule has 0 aromatic carbocycles. The lowest BCUT2D eigenvalue weighted by molar-refractivity contribution is -0.117. The number of rotatable bonds is 3. The van der Waals surface area contributed by atoms with Crippen molar-refractivity contribution in [3.05, 3.63) is 30.1 Å². The summed E-state index contributed by atoms with van der Waals surface area (Å²) in [6.07, 6.45) is 1.89. The summed E-state index contributed by atoms with van der Waals surface area (Å²) in [6, 6.07) is 5.26. The monoisotopic (exact) mass is 257 g/mol. The summed E-state index contributed by atoms with van der Waals surface area (Å²) in [5.41, 5.74) is 6.98. The predicted molar refractivity (Wildman–Crippen MR) is 65.9 cm³/mol. The Morgan fingerprint density at radius 3 is 2.79 bits per heavy atom. The van der Waals surface area contributed by atoms with Gasteiger partial charge in [-0.05, 0) is 18.2 Å². The average Bonchev–Trinajstić information content (AvgIpc) is 2.94. The van der Waals surface area contributed by atoms with E-state index in [4.69, 9.17) is 5.73 Å². The highest BCUT2D eigenvalue weighted by Gasteiger charge is 2.12. The highest BCUT2D eigenvalue weighted by Crippen LogP contribution is 2.14. The molecule has 0 atom stereocenters. The van der Waals surface area contributed by atoms with Crippen molar-refractivity contribution in [2.45, 2.75) is 6.42 Å². The number of hydrogen-bond donors (Lipinski definition) is 1. The zero-order valence-electron chi connectivity index (χ0n) is 10.2. The van der Waals surface area contributed by atoms with Crippen LogP contribution in [0.1, 0.15) is 5.69 Å². The molecule has 0 saturated heterocycles. The second-order valence-corrected chi connectivity index (χ2v) is 4.14. The Kier molecular flexibility index (Phi) is 2.48. The number of amides is 1. The third-order valence-electron chi connectivity index (χ3n) is 2.62. The molecule has 0 spiro atoms. The number of hydrogen-bond acceptors (Lipinski definition) is 5. The van der Waals surface area contributed by atoms with Gasteiger partial charge < -0.3 is 5.73 Å². The van der Waals surface area contributed by atoms with E-state index < -0.39 is 5.91 Å². The summed E-state index contributed by atoms with van der Waals surface area (Å²) < 4.78 is 3.23. The lowest BCUT2D eigenvalue weighted by Gasteiger charge is -1.99. The number of carbonyl (C=O) groups excluding carboxylic acids is 1. The Morgan fingerprint density at radius 2 is 2.11 bits per heavy atom. The number of aromatic nitrogens is 6. The van der Waals surface area contributed by atoms with E-state index in [0.29, 0.717) is 22.9 Å². The molecule has 0 bridgehead atoms. The van der Waals surface area contributed by atoms with E-state index in [-0.39, 0.29) is 6.42 Å². The minimum Gasteiger partial charge on any atom is -0.369 e. The smallest absolute Gasteiger partial charge is 0.223 e. The first-order chi connectivity index (χ1) is 9.13. The second-order valence-electron chi connectivity index (χ2n) is 4.14. The van der Waals surface area contributed by atoms with Gasteiger partial charge in [-0.1, -0.05) is 0 Å². The van der Waals surface area contributed by atoms with Crippen molar-refractivity contribution in [3.8, 4) is 11.5 Å². The number of nitrogens with zero attached hydrogens (tertiary/aromatic N) is 6. The lowest BCUT2D eigenvalue weighted by Crippen LogP contribution is -2.15. The number of carbonyl (C=O) groups is 1. The molecule has 1 amide bonds. The van der Waals surface area contributed by atoms with Gasteiger partial charge >= 0.3 is 0 Å². The first kappa shape index (κ1) is 11.3. The van der Waals surface area contributed by atoms with Gasteiger partial charge in [-0.3, -0.25) is 9.48 Å². The molecule has 2 N–H and O–H groups in total. The van der Waals surface area contributed by atoms with Crippen LogP contribution in [0.4, 0.5) is 0 Å². The minimum atomic E-state index is -0.431. The Labute approximate surface area is 107 Å². The van der Waals surface area contributed by atoms with Gasteiger partial charge in [0, 0.05) is 13.2 Å². The zero-order chi connectivity index (χ0) is 13.4. The van der Waals surface area contributed by atoms with Crippen LogP contribution in [0.15, 0.2) is 24.4 Å². The van der Waals surface area contributed by atoms with Gasteiger partial charge in [0.05, 0.1) is 12.1 Å². The largest absolute Gasteiger partial charge is 0.369 e. The van der Waals surface area contributed by atoms with Crippen molar-refractivity contribution in [3.63, 3.8) is 0 Å². The van der Waals surface area contributed by atoms with Crippen molar-refractivity contribution in [1.82, 2.24) is 29.6 Å². The molecular weight excluding hydrogens is 246 g/mol. The third kappa shape index (κ3) is 2.03. The molecule has 96 valence electrons. The SMILES string of the molecule is Cn1ccc(-c2nnc3ccc(CC(N)=O)nn23)n1. The van der Waals surface area contributed by atoms with Gasteiger partial charge in [-0.2, -0.15) is 14.7 Å². The van der Waals surface area contributed by atoms with Gasteiger partial charge in [0.15, 0.2) is 5.65 Å². The number of primary amides is 1. The van der Waals surface area contributed by atoms with Crippen molar-refractivity contribution in [2.75, 3.05) is 0 Å². The Morgan fingerprint density at radius 1 is 1.26 bits per heavy atom. The van der Waals surface area contributed by atoms with Gasteiger partial charge in [0.2, 0.25) is 11.7 Å². The molecule has 0 aliphatic carbocycles. The third-order valence-corrected chi connectivity index (χ3v) is 2.62. The summed E-state index contributed by atoms with van der Waals surface area (Å²) in [5, 5.41) is 16.6. The van der Waals surface area contributed by atoms with Crippen LogP contribution in [-0.4, -0.2) is 35.5 Å². The summed E-state index contributed by atoms with van der Waals surface area (Å²) in [5.74, 6) is 0.0984. The topological polar surface area (TPSA) is 104 Å². The van der Waals surface area contributed by atoms with Crippen molar-refractivity contribution < 1.29 is 4.79 Å². The number of fused-ring (bicyclic) bond motifs is 1. The molecule has 0 aliphatic heterocycles. The van der Waals surface area contributed by atoms with Crippen molar-refractivity contribution in [1.29, 1.82) is 0 Å². The minimum absolute atomic E-state index is 0.0791. The fourth-order valence-electron chi connectivity index (χ4n) is 1.79. The lowest BCUT2D eigenvalue weighted by atomic mass is 10.3. The summed E-state index contributed by atoms with van der Waals surface area (Å²) >= 11 is 0. The zero-order valence-corrected chi connectivity index (χ0v) is 10.2. The van der Waals surface area contributed by atoms with E-state index in [1.807, 2.05) is 19.3 Å². The first-order valence-corrected chi connectivity index (χ1v) is 5.63. The molecule has 8 nitrogen and oxygen atoms in total. The molecule has 0 radical (unpaired) electrons. The molecule has 3 heterocycles. The Hall–Kier alpha value is -2.77. The van der Waals surface area contributed by atoms with Crippen LogP contribution in [-0.2, 0) is 18.3 Å². The van der Waals surface area contributed by atoms with Crippen LogP contribution in [0.5, 0.6) is 0 Å². The van der Waals surface area contributed by atoms with Crippen LogP contribution in [0.3, 0.4) is 0 Å². The van der Waals surface area contributed by atoms with Crippen LogP contribution in [0.25, 0.3) is 17.2 Å². The first-order valence-electron chi connectivity index (χ1n) is 5.63. The van der Waals surface area contributed by atoms with Crippen LogP contribution in [0, 0.1) is 0 Å². The van der Waals surface area contributed by atoms with Gasteiger partial charge in [0.1, 0.15) is 5.69 Å². The van der Waals surface area contributed by atoms with Crippen LogP contribution in [0.2, 0.25) is 0 Å². The highest BCUT2D eigenvalue weighted by molar-refractivity contribution is 5.76. The van der Waals surface area contributed by atoms with E-state index in [2.05, 4.69) is 20.4 Å². The Balaban J connectivity index is 2.12. The van der Waals surface area contributed by atoms with Gasteiger partial charge in [-0.15, -0.1) is 10.2 Å². The molecule has 8 heteroatoms. The molecule has 3 aromatic heterocycles. The van der Waals surface area contributed by atoms with E-state index in [0.717, 1.165) is 0 Å². The maximum atomic E-state index is 10.9. The molecule has 0 unspecified atom stereocenters. The summed E-state index contributed by atoms with van der Waals surface area (Å²) in [7, 11) is 1.82. The van der Waals surface area contributed by atoms with Crippen LogP contribution < -0.4 is 5.73 Å². The maximum Gasteiger partial charge on any atom is 0.223 e. The van der Waals surface area contributed by atoms with Crippen molar-refractivity contribution in [2.24, 2.45) is 12.8 Å². The van der Waals surface area contributed by atoms with E-state index in [1.54, 1.807) is 21.3 Å². The van der Waals surface area contributed by atoms with Crippen molar-refractivity contribution >= 4 is 11.6 Å². The molecular formula is C11H11N7O. The highest BCUT2D eigenvalue weighted by atomic mass is 16.1. The molecule has 0 fully saturated rings. The van der Waals surface area contributed by atoms with E-state index >= 15 is 0 Å². The van der Waals surface area contributed by atoms with Gasteiger partial charge in [-0.25, -0.2) is 0 Å². The average molecular weight is 257 g/mol. The number of nitrogens with two attached hydrogens (primary N) is 1.